The summed E-state index contributed by atoms with van der Waals surface area (Å²) in [7, 11) is -3.92. The van der Waals surface area contributed by atoms with E-state index < -0.39 is 15.9 Å². The van der Waals surface area contributed by atoms with Gasteiger partial charge in [-0.05, 0) is 84.0 Å². The van der Waals surface area contributed by atoms with Crippen LogP contribution in [0.15, 0.2) is 137 Å². The Kier molecular flexibility index (Phi) is 11.1. The number of aliphatic hydroxyl groups excluding tert-OH is 1. The molecule has 1 fully saturated rings. The van der Waals surface area contributed by atoms with Crippen LogP contribution >= 0.6 is 11.6 Å². The van der Waals surface area contributed by atoms with E-state index in [1.807, 2.05) is 72.8 Å². The molecule has 49 heavy (non-hydrogen) atoms. The lowest BCUT2D eigenvalue weighted by Gasteiger charge is -2.25. The third-order valence-corrected chi connectivity index (χ3v) is 10.5. The van der Waals surface area contributed by atoms with Crippen molar-refractivity contribution in [3.05, 3.63) is 160 Å². The minimum Gasteiger partial charge on any atom is -0.488 e. The molecule has 1 atom stereocenters. The quantitative estimate of drug-likeness (QED) is 0.118. The molecule has 7 nitrogen and oxygen atoms in total. The number of aliphatic hydroxyl groups is 1. The molecule has 9 heteroatoms. The van der Waals surface area contributed by atoms with Crippen molar-refractivity contribution >= 4 is 27.3 Å². The molecule has 1 aliphatic carbocycles. The van der Waals surface area contributed by atoms with Crippen molar-refractivity contribution in [1.29, 1.82) is 0 Å². The number of hydrogen-bond acceptors (Lipinski definition) is 6. The molecule has 1 saturated carbocycles. The Balaban J connectivity index is 1.16. The van der Waals surface area contributed by atoms with Gasteiger partial charge in [0, 0.05) is 30.7 Å². The maximum absolute atomic E-state index is 13.8. The molecule has 0 aliphatic heterocycles. The molecule has 5 aromatic rings. The highest BCUT2D eigenvalue weighted by molar-refractivity contribution is 7.91. The summed E-state index contributed by atoms with van der Waals surface area (Å²) in [5, 5.41) is 14.6. The summed E-state index contributed by atoms with van der Waals surface area (Å²) in [4.78, 5) is 15.5. The normalized spacial score (nSPS) is 13.6. The van der Waals surface area contributed by atoms with Gasteiger partial charge in [0.15, 0.2) is 0 Å². The lowest BCUT2D eigenvalue weighted by molar-refractivity contribution is 0.0946. The van der Waals surface area contributed by atoms with Crippen LogP contribution in [0.5, 0.6) is 5.75 Å². The van der Waals surface area contributed by atoms with Crippen LogP contribution in [0.1, 0.15) is 51.6 Å². The number of hydrogen-bond donors (Lipinski definition) is 2. The van der Waals surface area contributed by atoms with E-state index in [9.17, 15) is 18.3 Å². The highest BCUT2D eigenvalue weighted by atomic mass is 35.5. The second-order valence-electron chi connectivity index (χ2n) is 12.4. The highest BCUT2D eigenvalue weighted by Gasteiger charge is 2.27. The highest BCUT2D eigenvalue weighted by Crippen LogP contribution is 2.29. The second kappa shape index (κ2) is 15.8. The van der Waals surface area contributed by atoms with Crippen LogP contribution in [0.4, 0.5) is 0 Å². The Labute approximate surface area is 293 Å². The molecular formula is C40H39ClN2O5S. The Morgan fingerprint density at radius 3 is 2.16 bits per heavy atom. The van der Waals surface area contributed by atoms with Crippen molar-refractivity contribution in [3.63, 3.8) is 0 Å². The minimum atomic E-state index is -3.92. The molecule has 1 aliphatic rings. The van der Waals surface area contributed by atoms with Gasteiger partial charge < -0.3 is 15.2 Å². The van der Waals surface area contributed by atoms with Gasteiger partial charge in [0.2, 0.25) is 9.84 Å². The van der Waals surface area contributed by atoms with Crippen molar-refractivity contribution in [2.75, 3.05) is 13.1 Å². The van der Waals surface area contributed by atoms with E-state index in [1.54, 1.807) is 30.3 Å². The van der Waals surface area contributed by atoms with Crippen LogP contribution in [0.3, 0.4) is 0 Å². The van der Waals surface area contributed by atoms with Crippen LogP contribution in [-0.2, 0) is 29.4 Å². The summed E-state index contributed by atoms with van der Waals surface area (Å²) in [6.45, 7) is 1.94. The number of halogens is 1. The van der Waals surface area contributed by atoms with Crippen molar-refractivity contribution in [2.24, 2.45) is 0 Å². The molecule has 0 aromatic heterocycles. The maximum atomic E-state index is 13.8. The van der Waals surface area contributed by atoms with E-state index >= 15 is 0 Å². The zero-order valence-corrected chi connectivity index (χ0v) is 28.6. The topological polar surface area (TPSA) is 95.9 Å². The predicted molar refractivity (Wildman–Crippen MR) is 191 cm³/mol. The summed E-state index contributed by atoms with van der Waals surface area (Å²) in [6, 6.07) is 38.3. The molecule has 0 bridgehead atoms. The maximum Gasteiger partial charge on any atom is 0.255 e. The summed E-state index contributed by atoms with van der Waals surface area (Å²) < 4.78 is 33.5. The largest absolute Gasteiger partial charge is 0.488 e. The fourth-order valence-electron chi connectivity index (χ4n) is 5.60. The van der Waals surface area contributed by atoms with Gasteiger partial charge in [0.25, 0.3) is 5.91 Å². The van der Waals surface area contributed by atoms with E-state index in [1.165, 1.54) is 12.1 Å². The molecule has 2 N–H and O–H groups in total. The van der Waals surface area contributed by atoms with Gasteiger partial charge in [-0.2, -0.15) is 0 Å². The third-order valence-electron chi connectivity index (χ3n) is 8.52. The first-order valence-electron chi connectivity index (χ1n) is 16.4. The van der Waals surface area contributed by atoms with Crippen molar-refractivity contribution in [2.45, 2.75) is 54.4 Å². The van der Waals surface area contributed by atoms with Gasteiger partial charge in [0.1, 0.15) is 12.4 Å². The van der Waals surface area contributed by atoms with E-state index in [-0.39, 0.29) is 33.9 Å². The molecule has 0 radical (unpaired) electrons. The zero-order valence-electron chi connectivity index (χ0n) is 27.0. The van der Waals surface area contributed by atoms with Crippen molar-refractivity contribution in [1.82, 2.24) is 10.2 Å². The number of rotatable bonds is 15. The SMILES string of the molecule is O=C(NC1CC1)c1cc(S(=O)(=O)c2ccc(CCN(Cc3ccccc3)C[C@H](O)c3cccc(Cl)c3)cc2)ccc1OCc1ccccc1. The first-order valence-corrected chi connectivity index (χ1v) is 18.3. The van der Waals surface area contributed by atoms with Crippen LogP contribution in [-0.4, -0.2) is 43.5 Å². The molecular weight excluding hydrogens is 656 g/mol. The van der Waals surface area contributed by atoms with Gasteiger partial charge >= 0.3 is 0 Å². The lowest BCUT2D eigenvalue weighted by Crippen LogP contribution is -2.30. The molecule has 5 aromatic carbocycles. The molecule has 0 heterocycles. The molecule has 0 unspecified atom stereocenters. The second-order valence-corrected chi connectivity index (χ2v) is 14.8. The number of sulfone groups is 1. The van der Waals surface area contributed by atoms with Crippen molar-refractivity contribution in [3.8, 4) is 5.75 Å². The molecule has 6 rings (SSSR count). The first kappa shape index (κ1) is 34.4. The Morgan fingerprint density at radius 1 is 0.816 bits per heavy atom. The Bertz CT molecular complexity index is 1970. The number of amides is 1. The smallest absolute Gasteiger partial charge is 0.255 e. The fraction of sp³-hybridized carbons (Fsp3) is 0.225. The average molecular weight is 695 g/mol. The number of carbonyl (C=O) groups is 1. The molecule has 0 saturated heterocycles. The number of nitrogens with zero attached hydrogens (tertiary/aromatic N) is 1. The molecule has 0 spiro atoms. The van der Waals surface area contributed by atoms with E-state index in [2.05, 4.69) is 22.3 Å². The molecule has 252 valence electrons. The number of carbonyl (C=O) groups excluding carboxylic acids is 1. The van der Waals surface area contributed by atoms with Gasteiger partial charge in [-0.25, -0.2) is 8.42 Å². The minimum absolute atomic E-state index is 0.0253. The van der Waals surface area contributed by atoms with E-state index in [0.29, 0.717) is 36.8 Å². The van der Waals surface area contributed by atoms with Gasteiger partial charge in [-0.15, -0.1) is 0 Å². The van der Waals surface area contributed by atoms with Crippen LogP contribution in [0.2, 0.25) is 5.02 Å². The van der Waals surface area contributed by atoms with Crippen LogP contribution in [0.25, 0.3) is 0 Å². The van der Waals surface area contributed by atoms with Crippen molar-refractivity contribution < 1.29 is 23.1 Å². The van der Waals surface area contributed by atoms with E-state index in [4.69, 9.17) is 16.3 Å². The first-order chi connectivity index (χ1) is 23.7. The molecule has 1 amide bonds. The number of benzene rings is 5. The number of ether oxygens (including phenoxy) is 1. The third kappa shape index (κ3) is 9.37. The van der Waals surface area contributed by atoms with Gasteiger partial charge in [-0.3, -0.25) is 9.69 Å². The summed E-state index contributed by atoms with van der Waals surface area (Å²) in [6.07, 6.45) is 1.74. The lowest BCUT2D eigenvalue weighted by atomic mass is 10.1. The van der Waals surface area contributed by atoms with Crippen LogP contribution in [0, 0.1) is 0 Å². The Hall–Kier alpha value is -4.47. The van der Waals surface area contributed by atoms with Gasteiger partial charge in [0.05, 0.1) is 21.5 Å². The zero-order chi connectivity index (χ0) is 34.2. The van der Waals surface area contributed by atoms with Gasteiger partial charge in [-0.1, -0.05) is 96.5 Å². The summed E-state index contributed by atoms with van der Waals surface area (Å²) in [5.74, 6) is -0.0182. The Morgan fingerprint density at radius 2 is 1.49 bits per heavy atom. The average Bonchev–Trinajstić information content (AvgIpc) is 3.94. The summed E-state index contributed by atoms with van der Waals surface area (Å²) in [5.41, 5.74) is 3.98. The summed E-state index contributed by atoms with van der Waals surface area (Å²) >= 11 is 6.17. The fourth-order valence-corrected chi connectivity index (χ4v) is 7.09. The standard InChI is InChI=1S/C40H39ClN2O5S/c41-33-13-7-12-32(24-33)38(44)27-43(26-30-8-3-1-4-9-30)23-22-29-14-18-35(19-15-29)49(46,47)36-20-21-39(48-28-31-10-5-2-6-11-31)37(25-36)40(45)42-34-16-17-34/h1-15,18-21,24-25,34,38,44H,16-17,22-23,26-28H2,(H,42,45)/t38-/m0/s1. The van der Waals surface area contributed by atoms with Crippen LogP contribution < -0.4 is 10.1 Å². The monoisotopic (exact) mass is 694 g/mol. The number of nitrogens with one attached hydrogen (secondary N) is 1. The predicted octanol–water partition coefficient (Wildman–Crippen LogP) is 7.42. The van der Waals surface area contributed by atoms with E-state index in [0.717, 1.165) is 35.1 Å².